The van der Waals surface area contributed by atoms with Crippen LogP contribution in [0.5, 0.6) is 0 Å². The van der Waals surface area contributed by atoms with E-state index in [2.05, 4.69) is 40.4 Å². The summed E-state index contributed by atoms with van der Waals surface area (Å²) in [5.41, 5.74) is 2.71. The number of Topliss-reactive ketones (excluding diaryl/α,β-unsaturated/α-hetero) is 1. The van der Waals surface area contributed by atoms with Crippen molar-refractivity contribution in [1.82, 2.24) is 15.5 Å². The van der Waals surface area contributed by atoms with Crippen molar-refractivity contribution >= 4 is 35.0 Å². The summed E-state index contributed by atoms with van der Waals surface area (Å²) in [7, 11) is 0. The van der Waals surface area contributed by atoms with Gasteiger partial charge < -0.3 is 30.2 Å². The first-order valence-corrected chi connectivity index (χ1v) is 5.54. The average molecular weight is 279 g/mol. The minimum absolute atomic E-state index is 0. The molecule has 0 saturated heterocycles. The second-order valence-corrected chi connectivity index (χ2v) is 4.52. The van der Waals surface area contributed by atoms with Gasteiger partial charge in [-0.05, 0) is 19.3 Å². The van der Waals surface area contributed by atoms with Crippen molar-refractivity contribution < 1.29 is 56.2 Å². The van der Waals surface area contributed by atoms with Gasteiger partial charge in [0.15, 0.2) is 0 Å². The number of ketones is 1. The quantitative estimate of drug-likeness (QED) is 0.277. The number of fused-ring (bicyclic) bond motifs is 1. The van der Waals surface area contributed by atoms with Crippen molar-refractivity contribution in [2.24, 2.45) is 0 Å². The average Bonchev–Trinajstić information content (AvgIpc) is 2.74. The maximum absolute atomic E-state index is 11.7. The zero-order chi connectivity index (χ0) is 10.8. The first-order valence-electron chi connectivity index (χ1n) is 4.72. The number of carbonyl (C=O) groups is 1. The van der Waals surface area contributed by atoms with E-state index in [1.165, 1.54) is 0 Å². The summed E-state index contributed by atoms with van der Waals surface area (Å²) in [6.07, 6.45) is 3.02. The predicted octanol–water partition coefficient (Wildman–Crippen LogP) is -2.49. The van der Waals surface area contributed by atoms with Gasteiger partial charge in [0, 0.05) is 11.3 Å². The largest absolute Gasteiger partial charge is 1.00 e. The second kappa shape index (κ2) is 6.53. The van der Waals surface area contributed by atoms with Crippen LogP contribution >= 0.6 is 12.2 Å². The van der Waals surface area contributed by atoms with E-state index >= 15 is 0 Å². The molecule has 0 radical (unpaired) electrons. The molecule has 0 amide bonds. The Morgan fingerprint density at radius 2 is 2.31 bits per heavy atom. The number of rotatable bonds is 3. The number of nitrogens with one attached hydrogen (secondary N) is 2. The summed E-state index contributed by atoms with van der Waals surface area (Å²) in [6.45, 7) is 0.139. The Morgan fingerprint density at radius 3 is 3.00 bits per heavy atom. The Labute approximate surface area is 147 Å². The molecule has 1 heterocycles. The van der Waals surface area contributed by atoms with E-state index in [-0.39, 0.29) is 68.0 Å². The minimum Gasteiger partial charge on any atom is -0.412 e. The number of aromatic amines is 1. The van der Waals surface area contributed by atoms with Gasteiger partial charge >= 0.3 is 51.4 Å². The second-order valence-electron chi connectivity index (χ2n) is 3.45. The Morgan fingerprint density at radius 1 is 1.56 bits per heavy atom. The molecule has 0 bridgehead atoms. The van der Waals surface area contributed by atoms with Crippen molar-refractivity contribution in [3.8, 4) is 0 Å². The van der Waals surface area contributed by atoms with Crippen LogP contribution in [-0.4, -0.2) is 26.8 Å². The molecule has 1 aliphatic rings. The molecule has 0 spiro atoms. The van der Waals surface area contributed by atoms with Crippen LogP contribution in [0.25, 0.3) is 0 Å². The standard InChI is InChI=1S/C9H11N3OS2.K/c13-7(4-10-9(14)15)8-5-2-1-3-6(5)11-12-8;/h1-4H2,(H,11,12)(H2,10,14,15);/q;+1/p-1. The molecule has 0 saturated carbocycles. The van der Waals surface area contributed by atoms with E-state index in [0.29, 0.717) is 5.69 Å². The van der Waals surface area contributed by atoms with Crippen LogP contribution in [0, 0.1) is 0 Å². The Balaban J connectivity index is 0.00000128. The number of thiocarbonyl (C=S) groups is 1. The van der Waals surface area contributed by atoms with Gasteiger partial charge in [0.1, 0.15) is 5.69 Å². The predicted molar refractivity (Wildman–Crippen MR) is 62.9 cm³/mol. The SMILES string of the molecule is O=C(CNC(=S)[S-])c1n[nH]c2c1CCC2.[K+]. The van der Waals surface area contributed by atoms with Crippen LogP contribution in [0.1, 0.15) is 28.2 Å². The molecule has 7 heteroatoms. The topological polar surface area (TPSA) is 57.8 Å². The minimum atomic E-state index is -0.0541. The van der Waals surface area contributed by atoms with E-state index in [1.807, 2.05) is 0 Å². The van der Waals surface area contributed by atoms with Crippen LogP contribution in [0.4, 0.5) is 0 Å². The molecule has 0 unspecified atom stereocenters. The first kappa shape index (κ1) is 14.7. The molecule has 1 aromatic heterocycles. The summed E-state index contributed by atoms with van der Waals surface area (Å²) in [4.78, 5) is 11.7. The van der Waals surface area contributed by atoms with Crippen molar-refractivity contribution in [2.45, 2.75) is 19.3 Å². The molecule has 2 rings (SSSR count). The third-order valence-corrected chi connectivity index (χ3v) is 2.75. The fourth-order valence-corrected chi connectivity index (χ4v) is 1.93. The molecule has 0 atom stereocenters. The third-order valence-electron chi connectivity index (χ3n) is 2.46. The monoisotopic (exact) mass is 279 g/mol. The van der Waals surface area contributed by atoms with Gasteiger partial charge in [-0.1, -0.05) is 4.32 Å². The summed E-state index contributed by atoms with van der Waals surface area (Å²) >= 11 is 9.33. The molecule has 0 fully saturated rings. The van der Waals surface area contributed by atoms with Gasteiger partial charge in [-0.3, -0.25) is 9.89 Å². The molecule has 80 valence electrons. The van der Waals surface area contributed by atoms with Crippen molar-refractivity contribution in [3.63, 3.8) is 0 Å². The van der Waals surface area contributed by atoms with Gasteiger partial charge in [-0.15, -0.1) is 0 Å². The van der Waals surface area contributed by atoms with E-state index in [1.54, 1.807) is 0 Å². The van der Waals surface area contributed by atoms with E-state index in [4.69, 9.17) is 0 Å². The van der Waals surface area contributed by atoms with Crippen LogP contribution in [-0.2, 0) is 25.5 Å². The number of carbonyl (C=O) groups excluding carboxylic acids is 1. The van der Waals surface area contributed by atoms with Crippen molar-refractivity contribution in [1.29, 1.82) is 0 Å². The third kappa shape index (κ3) is 3.31. The number of aromatic nitrogens is 2. The molecular weight excluding hydrogens is 269 g/mol. The summed E-state index contributed by atoms with van der Waals surface area (Å²) in [5, 5.41) is 9.59. The molecule has 0 aromatic carbocycles. The summed E-state index contributed by atoms with van der Waals surface area (Å²) in [6, 6.07) is 0. The van der Waals surface area contributed by atoms with E-state index < -0.39 is 0 Å². The van der Waals surface area contributed by atoms with Crippen molar-refractivity contribution in [3.05, 3.63) is 17.0 Å². The molecular formula is C9H10KN3OS2. The normalized spacial score (nSPS) is 12.8. The van der Waals surface area contributed by atoms with E-state index in [0.717, 1.165) is 30.5 Å². The zero-order valence-electron chi connectivity index (χ0n) is 9.00. The van der Waals surface area contributed by atoms with Gasteiger partial charge in [-0.25, -0.2) is 0 Å². The Bertz CT molecular complexity index is 419. The number of hydrogen-bond acceptors (Lipinski definition) is 4. The molecule has 4 nitrogen and oxygen atoms in total. The number of aryl methyl sites for hydroxylation is 1. The molecule has 2 N–H and O–H groups in total. The maximum atomic E-state index is 11.7. The zero-order valence-corrected chi connectivity index (χ0v) is 13.8. The number of hydrogen-bond donors (Lipinski definition) is 2. The van der Waals surface area contributed by atoms with Crippen LogP contribution in [0.2, 0.25) is 0 Å². The fourth-order valence-electron chi connectivity index (χ4n) is 1.79. The van der Waals surface area contributed by atoms with Gasteiger partial charge in [-0.2, -0.15) is 5.10 Å². The fraction of sp³-hybridized carbons (Fsp3) is 0.444. The number of H-pyrrole nitrogens is 1. The Kier molecular flexibility index (Phi) is 5.99. The molecule has 1 aliphatic carbocycles. The van der Waals surface area contributed by atoms with Gasteiger partial charge in [0.2, 0.25) is 5.78 Å². The van der Waals surface area contributed by atoms with Gasteiger partial charge in [0.25, 0.3) is 0 Å². The summed E-state index contributed by atoms with van der Waals surface area (Å²) < 4.78 is 0.218. The smallest absolute Gasteiger partial charge is 0.412 e. The maximum Gasteiger partial charge on any atom is 1.00 e. The van der Waals surface area contributed by atoms with Crippen molar-refractivity contribution in [2.75, 3.05) is 6.54 Å². The molecule has 16 heavy (non-hydrogen) atoms. The van der Waals surface area contributed by atoms with Crippen LogP contribution in [0.3, 0.4) is 0 Å². The van der Waals surface area contributed by atoms with Gasteiger partial charge in [0.05, 0.1) is 6.54 Å². The van der Waals surface area contributed by atoms with Crippen LogP contribution < -0.4 is 56.7 Å². The van der Waals surface area contributed by atoms with E-state index in [9.17, 15) is 4.79 Å². The Hall–Kier alpha value is 0.626. The first-order chi connectivity index (χ1) is 7.18. The molecule has 1 aromatic rings. The number of nitrogens with zero attached hydrogens (tertiary/aromatic N) is 1. The van der Waals surface area contributed by atoms with Crippen LogP contribution in [0.15, 0.2) is 0 Å². The summed E-state index contributed by atoms with van der Waals surface area (Å²) in [5.74, 6) is -0.0541. The molecule has 0 aliphatic heterocycles.